The maximum atomic E-state index is 12.7. The molecule has 3 heterocycles. The fraction of sp³-hybridized carbons (Fsp3) is 0.611. The van der Waals surface area contributed by atoms with Crippen LogP contribution in [-0.4, -0.2) is 56.6 Å². The number of alkyl halides is 3. The molecule has 154 valence electrons. The molecule has 28 heavy (non-hydrogen) atoms. The van der Waals surface area contributed by atoms with E-state index in [4.69, 9.17) is 4.74 Å². The summed E-state index contributed by atoms with van der Waals surface area (Å²) in [4.78, 5) is 38.0. The van der Waals surface area contributed by atoms with Gasteiger partial charge in [-0.15, -0.1) is 11.8 Å². The first kappa shape index (κ1) is 20.8. The van der Waals surface area contributed by atoms with Crippen LogP contribution in [-0.2, 0) is 20.9 Å². The SMILES string of the molecule is Cc1cc(C(=O)COC(=O)[C@@H]2CS[C@@]3(C)CCC(=O)N23)c(C)n1CC(F)(F)F. The van der Waals surface area contributed by atoms with E-state index >= 15 is 0 Å². The van der Waals surface area contributed by atoms with Crippen molar-refractivity contribution < 1.29 is 32.3 Å². The van der Waals surface area contributed by atoms with Gasteiger partial charge in [-0.05, 0) is 33.3 Å². The van der Waals surface area contributed by atoms with Gasteiger partial charge < -0.3 is 14.2 Å². The maximum absolute atomic E-state index is 12.7. The van der Waals surface area contributed by atoms with Crippen LogP contribution in [0.5, 0.6) is 0 Å². The van der Waals surface area contributed by atoms with Crippen molar-refractivity contribution in [2.45, 2.75) is 57.2 Å². The molecule has 0 radical (unpaired) electrons. The van der Waals surface area contributed by atoms with Crippen LogP contribution in [0.4, 0.5) is 13.2 Å². The van der Waals surface area contributed by atoms with Crippen LogP contribution in [0.1, 0.15) is 41.5 Å². The second-order valence-electron chi connectivity index (χ2n) is 7.28. The number of carbonyl (C=O) groups is 3. The van der Waals surface area contributed by atoms with Gasteiger partial charge in [0.15, 0.2) is 6.61 Å². The van der Waals surface area contributed by atoms with Crippen LogP contribution in [0.25, 0.3) is 0 Å². The number of hydrogen-bond acceptors (Lipinski definition) is 5. The molecule has 10 heteroatoms. The average molecular weight is 418 g/mol. The standard InChI is InChI=1S/C18H21F3N2O4S/c1-10-6-12(11(2)22(10)9-18(19,20)21)14(24)7-27-16(26)13-8-28-17(3)5-4-15(25)23(13)17/h6,13H,4-5,7-9H2,1-3H3/t13-,17-/m0/s1. The predicted octanol–water partition coefficient (Wildman–Crippen LogP) is 2.85. The molecule has 2 aliphatic heterocycles. The molecule has 2 aliphatic rings. The van der Waals surface area contributed by atoms with E-state index in [2.05, 4.69) is 0 Å². The number of aryl methyl sites for hydroxylation is 1. The molecule has 0 spiro atoms. The van der Waals surface area contributed by atoms with Crippen LogP contribution in [0, 0.1) is 13.8 Å². The Kier molecular flexibility index (Phi) is 5.28. The molecule has 2 saturated heterocycles. The minimum Gasteiger partial charge on any atom is -0.456 e. The number of halogens is 3. The van der Waals surface area contributed by atoms with Gasteiger partial charge in [0.1, 0.15) is 12.6 Å². The monoisotopic (exact) mass is 418 g/mol. The van der Waals surface area contributed by atoms with Gasteiger partial charge in [0.05, 0.1) is 4.87 Å². The third-order valence-corrected chi connectivity index (χ3v) is 6.78. The molecular formula is C18H21F3N2O4S. The summed E-state index contributed by atoms with van der Waals surface area (Å²) in [5.74, 6) is -0.952. The van der Waals surface area contributed by atoms with Crippen molar-refractivity contribution in [3.8, 4) is 0 Å². The number of carbonyl (C=O) groups excluding carboxylic acids is 3. The average Bonchev–Trinajstić information content (AvgIpc) is 3.18. The van der Waals surface area contributed by atoms with E-state index in [1.54, 1.807) is 0 Å². The van der Waals surface area contributed by atoms with Gasteiger partial charge in [-0.25, -0.2) is 4.79 Å². The van der Waals surface area contributed by atoms with Gasteiger partial charge in [0.2, 0.25) is 11.7 Å². The summed E-state index contributed by atoms with van der Waals surface area (Å²) in [6.45, 7) is 3.05. The summed E-state index contributed by atoms with van der Waals surface area (Å²) < 4.78 is 44.2. The fourth-order valence-corrected chi connectivity index (χ4v) is 5.23. The summed E-state index contributed by atoms with van der Waals surface area (Å²) in [6, 6.07) is 0.624. The molecule has 0 aliphatic carbocycles. The molecule has 1 aromatic rings. The number of Topliss-reactive ketones (excluding diaryl/α,β-unsaturated/α-hetero) is 1. The molecule has 0 bridgehead atoms. The predicted molar refractivity (Wildman–Crippen MR) is 96.0 cm³/mol. The minimum absolute atomic E-state index is 0.0948. The zero-order chi connectivity index (χ0) is 20.9. The van der Waals surface area contributed by atoms with Gasteiger partial charge in [-0.2, -0.15) is 13.2 Å². The number of esters is 1. The lowest BCUT2D eigenvalue weighted by Gasteiger charge is -2.29. The van der Waals surface area contributed by atoms with Gasteiger partial charge in [0, 0.05) is 29.1 Å². The molecule has 1 aromatic heterocycles. The number of thioether (sulfide) groups is 1. The van der Waals surface area contributed by atoms with Crippen molar-refractivity contribution in [1.29, 1.82) is 0 Å². The number of ether oxygens (including phenoxy) is 1. The Morgan fingerprint density at radius 3 is 2.68 bits per heavy atom. The normalized spacial score (nSPS) is 24.6. The molecule has 6 nitrogen and oxygen atoms in total. The van der Waals surface area contributed by atoms with E-state index in [1.165, 1.54) is 36.6 Å². The summed E-state index contributed by atoms with van der Waals surface area (Å²) in [6.07, 6.45) is -3.38. The molecule has 3 rings (SSSR count). The second-order valence-corrected chi connectivity index (χ2v) is 8.78. The molecule has 0 unspecified atom stereocenters. The smallest absolute Gasteiger partial charge is 0.406 e. The Morgan fingerprint density at radius 2 is 2.04 bits per heavy atom. The third-order valence-electron chi connectivity index (χ3n) is 5.27. The fourth-order valence-electron chi connectivity index (χ4n) is 3.81. The van der Waals surface area contributed by atoms with E-state index in [1.807, 2.05) is 6.92 Å². The highest BCUT2D eigenvalue weighted by molar-refractivity contribution is 8.01. The van der Waals surface area contributed by atoms with Crippen molar-refractivity contribution in [1.82, 2.24) is 9.47 Å². The zero-order valence-corrected chi connectivity index (χ0v) is 16.6. The van der Waals surface area contributed by atoms with Gasteiger partial charge in [0.25, 0.3) is 0 Å². The maximum Gasteiger partial charge on any atom is 0.406 e. The van der Waals surface area contributed by atoms with Crippen LogP contribution in [0.15, 0.2) is 6.07 Å². The van der Waals surface area contributed by atoms with Crippen molar-refractivity contribution in [3.63, 3.8) is 0 Å². The Morgan fingerprint density at radius 1 is 1.36 bits per heavy atom. The van der Waals surface area contributed by atoms with Crippen molar-refractivity contribution in [3.05, 3.63) is 23.0 Å². The minimum atomic E-state index is -4.41. The number of amides is 1. The number of rotatable bonds is 5. The van der Waals surface area contributed by atoms with Gasteiger partial charge in [-0.1, -0.05) is 0 Å². The lowest BCUT2D eigenvalue weighted by Crippen LogP contribution is -2.46. The highest BCUT2D eigenvalue weighted by Gasteiger charge is 2.53. The largest absolute Gasteiger partial charge is 0.456 e. The Hall–Kier alpha value is -1.97. The number of ketones is 1. The number of fused-ring (bicyclic) bond motifs is 1. The first-order chi connectivity index (χ1) is 12.9. The van der Waals surface area contributed by atoms with Crippen LogP contribution >= 0.6 is 11.8 Å². The molecule has 2 fully saturated rings. The Bertz CT molecular complexity index is 836. The third kappa shape index (κ3) is 3.78. The van der Waals surface area contributed by atoms with Crippen molar-refractivity contribution in [2.75, 3.05) is 12.4 Å². The highest BCUT2D eigenvalue weighted by atomic mass is 32.2. The Balaban J connectivity index is 1.66. The second kappa shape index (κ2) is 7.13. The molecular weight excluding hydrogens is 397 g/mol. The highest BCUT2D eigenvalue weighted by Crippen LogP contribution is 2.47. The van der Waals surface area contributed by atoms with E-state index in [0.29, 0.717) is 24.3 Å². The lowest BCUT2D eigenvalue weighted by molar-refractivity contribution is -0.152. The Labute approximate surface area is 164 Å². The summed E-state index contributed by atoms with van der Waals surface area (Å²) in [5.41, 5.74) is 0.571. The topological polar surface area (TPSA) is 68.6 Å². The summed E-state index contributed by atoms with van der Waals surface area (Å²) in [7, 11) is 0. The lowest BCUT2D eigenvalue weighted by atomic mass is 10.1. The number of hydrogen-bond donors (Lipinski definition) is 0. The molecule has 0 N–H and O–H groups in total. The van der Waals surface area contributed by atoms with E-state index in [-0.39, 0.29) is 17.2 Å². The molecule has 1 amide bonds. The summed E-state index contributed by atoms with van der Waals surface area (Å²) in [5, 5.41) is 0. The van der Waals surface area contributed by atoms with E-state index in [9.17, 15) is 27.6 Å². The van der Waals surface area contributed by atoms with E-state index in [0.717, 1.165) is 4.57 Å². The molecule has 0 saturated carbocycles. The number of nitrogens with zero attached hydrogens (tertiary/aromatic N) is 2. The zero-order valence-electron chi connectivity index (χ0n) is 15.8. The first-order valence-electron chi connectivity index (χ1n) is 8.82. The van der Waals surface area contributed by atoms with E-state index < -0.39 is 42.0 Å². The van der Waals surface area contributed by atoms with Gasteiger partial charge >= 0.3 is 12.1 Å². The molecule has 0 aromatic carbocycles. The quantitative estimate of drug-likeness (QED) is 0.543. The van der Waals surface area contributed by atoms with Crippen LogP contribution in [0.2, 0.25) is 0 Å². The number of aromatic nitrogens is 1. The van der Waals surface area contributed by atoms with Crippen molar-refractivity contribution in [2.24, 2.45) is 0 Å². The molecule has 2 atom stereocenters. The van der Waals surface area contributed by atoms with Crippen molar-refractivity contribution >= 4 is 29.4 Å². The first-order valence-corrected chi connectivity index (χ1v) is 9.81. The van der Waals surface area contributed by atoms with Gasteiger partial charge in [-0.3, -0.25) is 9.59 Å². The van der Waals surface area contributed by atoms with Crippen LogP contribution in [0.3, 0.4) is 0 Å². The van der Waals surface area contributed by atoms with Crippen LogP contribution < -0.4 is 0 Å². The summed E-state index contributed by atoms with van der Waals surface area (Å²) >= 11 is 1.51.